The first-order valence-corrected chi connectivity index (χ1v) is 7.12. The van der Waals surface area contributed by atoms with E-state index in [2.05, 4.69) is 17.2 Å². The molecule has 1 heterocycles. The summed E-state index contributed by atoms with van der Waals surface area (Å²) >= 11 is 1.36. The molecule has 2 N–H and O–H groups in total. The molecule has 0 bridgehead atoms. The van der Waals surface area contributed by atoms with Crippen molar-refractivity contribution >= 4 is 17.2 Å². The minimum atomic E-state index is -0.198. The Morgan fingerprint density at radius 1 is 1.47 bits per heavy atom. The van der Waals surface area contributed by atoms with Crippen LogP contribution in [0.3, 0.4) is 0 Å². The number of ether oxygens (including phenoxy) is 1. The Labute approximate surface area is 117 Å². The molecule has 0 aliphatic heterocycles. The summed E-state index contributed by atoms with van der Waals surface area (Å²) in [4.78, 5) is 12.5. The van der Waals surface area contributed by atoms with Gasteiger partial charge in [-0.3, -0.25) is 4.79 Å². The van der Waals surface area contributed by atoms with Gasteiger partial charge < -0.3 is 15.2 Å². The molecule has 0 radical (unpaired) electrons. The van der Waals surface area contributed by atoms with Crippen molar-refractivity contribution in [2.45, 2.75) is 19.3 Å². The maximum absolute atomic E-state index is 11.9. The number of hydrogen-bond donors (Lipinski definition) is 2. The number of hydrogen-bond acceptors (Lipinski definition) is 4. The lowest BCUT2D eigenvalue weighted by Crippen LogP contribution is -2.24. The first-order valence-electron chi connectivity index (χ1n) is 6.24. The molecule has 0 saturated heterocycles. The fourth-order valence-corrected chi connectivity index (χ4v) is 2.31. The van der Waals surface area contributed by atoms with E-state index in [9.17, 15) is 4.79 Å². The summed E-state index contributed by atoms with van der Waals surface area (Å²) in [7, 11) is 1.69. The Morgan fingerprint density at radius 3 is 3.05 bits per heavy atom. The molecule has 1 aromatic heterocycles. The molecule has 104 valence electrons. The van der Waals surface area contributed by atoms with Gasteiger partial charge in [0.2, 0.25) is 0 Å². The zero-order valence-electron chi connectivity index (χ0n) is 11.1. The van der Waals surface area contributed by atoms with E-state index in [1.165, 1.54) is 11.3 Å². The summed E-state index contributed by atoms with van der Waals surface area (Å²) in [5, 5.41) is 13.4. The second-order valence-corrected chi connectivity index (χ2v) is 4.85. The van der Waals surface area contributed by atoms with Gasteiger partial charge in [0, 0.05) is 25.8 Å². The molecular weight excluding hydrogens is 262 g/mol. The fourth-order valence-electron chi connectivity index (χ4n) is 1.55. The number of aliphatic hydroxyl groups is 1. The van der Waals surface area contributed by atoms with Crippen molar-refractivity contribution in [3.63, 3.8) is 0 Å². The van der Waals surface area contributed by atoms with Gasteiger partial charge in [-0.2, -0.15) is 0 Å². The lowest BCUT2D eigenvalue weighted by Gasteiger charge is -2.04. The molecule has 0 aliphatic rings. The van der Waals surface area contributed by atoms with Crippen molar-refractivity contribution in [1.29, 1.82) is 0 Å². The van der Waals surface area contributed by atoms with Crippen molar-refractivity contribution in [2.24, 2.45) is 0 Å². The van der Waals surface area contributed by atoms with Crippen LogP contribution in [0.4, 0.5) is 0 Å². The topological polar surface area (TPSA) is 58.6 Å². The Balaban J connectivity index is 2.35. The van der Waals surface area contributed by atoms with Crippen LogP contribution in [0, 0.1) is 11.8 Å². The highest BCUT2D eigenvalue weighted by atomic mass is 32.1. The van der Waals surface area contributed by atoms with Crippen LogP contribution in [-0.4, -0.2) is 37.9 Å². The summed E-state index contributed by atoms with van der Waals surface area (Å²) in [6.07, 6.45) is 2.99. The van der Waals surface area contributed by atoms with Crippen molar-refractivity contribution in [3.8, 4) is 11.8 Å². The molecule has 1 rings (SSSR count). The van der Waals surface area contributed by atoms with E-state index < -0.39 is 0 Å². The average molecular weight is 281 g/mol. The van der Waals surface area contributed by atoms with Gasteiger partial charge in [0.15, 0.2) is 0 Å². The van der Waals surface area contributed by atoms with Gasteiger partial charge in [0.1, 0.15) is 11.5 Å². The number of carbonyl (C=O) groups excluding carboxylic acids is 1. The maximum atomic E-state index is 11.9. The lowest BCUT2D eigenvalue weighted by molar-refractivity contribution is 0.0956. The fraction of sp³-hybridized carbons (Fsp3) is 0.500. The largest absolute Gasteiger partial charge is 0.385 e. The lowest BCUT2D eigenvalue weighted by atomic mass is 10.2. The maximum Gasteiger partial charge on any atom is 0.262 e. The van der Waals surface area contributed by atoms with E-state index in [-0.39, 0.29) is 12.5 Å². The van der Waals surface area contributed by atoms with Crippen LogP contribution in [-0.2, 0) is 4.74 Å². The first kappa shape index (κ1) is 15.7. The van der Waals surface area contributed by atoms with Crippen LogP contribution < -0.4 is 5.32 Å². The number of rotatable bonds is 7. The number of nitrogens with one attached hydrogen (secondary N) is 1. The monoisotopic (exact) mass is 281 g/mol. The van der Waals surface area contributed by atoms with Gasteiger partial charge in [-0.05, 0) is 30.7 Å². The molecule has 0 atom stereocenters. The Bertz CT molecular complexity index is 445. The third kappa shape index (κ3) is 5.88. The van der Waals surface area contributed by atoms with Crippen LogP contribution in [0.15, 0.2) is 11.4 Å². The second-order valence-electron chi connectivity index (χ2n) is 3.93. The Hall–Kier alpha value is -1.35. The van der Waals surface area contributed by atoms with Gasteiger partial charge >= 0.3 is 0 Å². The quantitative estimate of drug-likeness (QED) is 0.590. The van der Waals surface area contributed by atoms with Crippen LogP contribution in [0.2, 0.25) is 0 Å². The minimum Gasteiger partial charge on any atom is -0.385 e. The predicted octanol–water partition coefficient (Wildman–Crippen LogP) is 1.64. The molecule has 0 fully saturated rings. The highest BCUT2D eigenvalue weighted by Gasteiger charge is 2.10. The molecule has 1 amide bonds. The minimum absolute atomic E-state index is 0.0935. The van der Waals surface area contributed by atoms with Crippen LogP contribution >= 0.6 is 11.3 Å². The SMILES string of the molecule is COCCCCCNC(=O)c1sccc1C#CCO. The zero-order valence-corrected chi connectivity index (χ0v) is 11.9. The molecule has 0 aromatic carbocycles. The van der Waals surface area contributed by atoms with E-state index >= 15 is 0 Å². The summed E-state index contributed by atoms with van der Waals surface area (Å²) in [6.45, 7) is 1.23. The van der Waals surface area contributed by atoms with Crippen molar-refractivity contribution < 1.29 is 14.6 Å². The molecule has 1 aromatic rings. The van der Waals surface area contributed by atoms with E-state index in [1.54, 1.807) is 13.2 Å². The average Bonchev–Trinajstić information content (AvgIpc) is 2.88. The van der Waals surface area contributed by atoms with Gasteiger partial charge in [0.25, 0.3) is 5.91 Å². The third-order valence-electron chi connectivity index (χ3n) is 2.48. The number of amides is 1. The Morgan fingerprint density at radius 2 is 2.32 bits per heavy atom. The standard InChI is InChI=1S/C14H19NO3S/c1-18-10-4-2-3-8-15-14(17)13-12(6-5-9-16)7-11-19-13/h7,11,16H,2-4,8-10H2,1H3,(H,15,17). The molecular formula is C14H19NO3S. The smallest absolute Gasteiger partial charge is 0.262 e. The summed E-state index contributed by atoms with van der Waals surface area (Å²) in [6, 6.07) is 1.79. The third-order valence-corrected chi connectivity index (χ3v) is 3.40. The number of unbranched alkanes of at least 4 members (excludes halogenated alkanes) is 2. The molecule has 4 nitrogen and oxygen atoms in total. The van der Waals surface area contributed by atoms with E-state index in [0.29, 0.717) is 17.0 Å². The van der Waals surface area contributed by atoms with E-state index in [0.717, 1.165) is 25.9 Å². The number of methoxy groups -OCH3 is 1. The van der Waals surface area contributed by atoms with Gasteiger partial charge in [-0.15, -0.1) is 11.3 Å². The van der Waals surface area contributed by atoms with E-state index in [1.807, 2.05) is 5.38 Å². The second kappa shape index (κ2) is 9.56. The van der Waals surface area contributed by atoms with Crippen LogP contribution in [0.1, 0.15) is 34.5 Å². The number of carbonyl (C=O) groups is 1. The first-order chi connectivity index (χ1) is 9.29. The number of thiophene rings is 1. The molecule has 0 spiro atoms. The Kier molecular flexibility index (Phi) is 7.91. The van der Waals surface area contributed by atoms with Gasteiger partial charge in [-0.1, -0.05) is 11.8 Å². The van der Waals surface area contributed by atoms with E-state index in [4.69, 9.17) is 9.84 Å². The molecule has 19 heavy (non-hydrogen) atoms. The van der Waals surface area contributed by atoms with Crippen LogP contribution in [0.5, 0.6) is 0 Å². The zero-order chi connectivity index (χ0) is 13.9. The molecule has 5 heteroatoms. The van der Waals surface area contributed by atoms with Gasteiger partial charge in [0.05, 0.1) is 0 Å². The van der Waals surface area contributed by atoms with Crippen molar-refractivity contribution in [3.05, 3.63) is 21.9 Å². The predicted molar refractivity (Wildman–Crippen MR) is 76.3 cm³/mol. The molecule has 0 saturated carbocycles. The van der Waals surface area contributed by atoms with Gasteiger partial charge in [-0.25, -0.2) is 0 Å². The highest BCUT2D eigenvalue weighted by Crippen LogP contribution is 2.15. The molecule has 0 aliphatic carbocycles. The number of aliphatic hydroxyl groups excluding tert-OH is 1. The summed E-state index contributed by atoms with van der Waals surface area (Å²) < 4.78 is 4.96. The normalized spacial score (nSPS) is 9.79. The highest BCUT2D eigenvalue weighted by molar-refractivity contribution is 7.12. The summed E-state index contributed by atoms with van der Waals surface area (Å²) in [5.41, 5.74) is 0.677. The molecule has 0 unspecified atom stereocenters. The van der Waals surface area contributed by atoms with Crippen LogP contribution in [0.25, 0.3) is 0 Å². The van der Waals surface area contributed by atoms with Crippen molar-refractivity contribution in [1.82, 2.24) is 5.32 Å². The summed E-state index contributed by atoms with van der Waals surface area (Å²) in [5.74, 6) is 5.24. The van der Waals surface area contributed by atoms with Crippen molar-refractivity contribution in [2.75, 3.05) is 26.9 Å².